The number of hydrogen-bond donors (Lipinski definition) is 0. The fraction of sp³-hybridized carbons (Fsp3) is 0.435. The molecule has 2 aliphatic heterocycles. The van der Waals surface area contributed by atoms with Gasteiger partial charge in [-0.05, 0) is 68.8 Å². The van der Waals surface area contributed by atoms with Crippen molar-refractivity contribution in [2.45, 2.75) is 25.8 Å². The predicted molar refractivity (Wildman–Crippen MR) is 115 cm³/mol. The number of nitrogens with zero attached hydrogens (tertiary/aromatic N) is 4. The number of hydrogen-bond acceptors (Lipinski definition) is 4. The summed E-state index contributed by atoms with van der Waals surface area (Å²) in [7, 11) is 3.68. The smallest absolute Gasteiger partial charge is 0.268 e. The number of fused-ring (bicyclic) bond motifs is 1. The van der Waals surface area contributed by atoms with E-state index in [-0.39, 0.29) is 17.4 Å². The van der Waals surface area contributed by atoms with Crippen LogP contribution in [0.4, 0.5) is 4.39 Å². The van der Waals surface area contributed by atoms with Crippen LogP contribution in [0, 0.1) is 5.82 Å². The third kappa shape index (κ3) is 4.25. The van der Waals surface area contributed by atoms with Crippen LogP contribution in [0.25, 0.3) is 5.69 Å². The highest BCUT2D eigenvalue weighted by molar-refractivity contribution is 5.96. The van der Waals surface area contributed by atoms with E-state index in [1.54, 1.807) is 16.0 Å². The molecule has 1 aromatic heterocycles. The van der Waals surface area contributed by atoms with Crippen LogP contribution in [-0.2, 0) is 17.8 Å². The summed E-state index contributed by atoms with van der Waals surface area (Å²) < 4.78 is 14.8. The molecule has 4 rings (SSSR count). The van der Waals surface area contributed by atoms with Crippen LogP contribution in [-0.4, -0.2) is 71.4 Å². The number of amides is 2. The number of carbonyl (C=O) groups is 2. The fourth-order valence-corrected chi connectivity index (χ4v) is 4.33. The summed E-state index contributed by atoms with van der Waals surface area (Å²) in [6.45, 7) is 2.40. The molecule has 0 unspecified atom stereocenters. The number of rotatable bonds is 4. The molecule has 8 heteroatoms. The van der Waals surface area contributed by atoms with Gasteiger partial charge in [-0.3, -0.25) is 19.0 Å². The predicted octanol–water partition coefficient (Wildman–Crippen LogP) is 1.66. The van der Waals surface area contributed by atoms with Crippen LogP contribution in [0.3, 0.4) is 0 Å². The largest absolute Gasteiger partial charge is 0.338 e. The van der Waals surface area contributed by atoms with E-state index in [0.717, 1.165) is 24.0 Å². The molecule has 7 nitrogen and oxygen atoms in total. The molecule has 0 saturated carbocycles. The van der Waals surface area contributed by atoms with Gasteiger partial charge in [-0.25, -0.2) is 4.39 Å². The van der Waals surface area contributed by atoms with Crippen LogP contribution in [0.1, 0.15) is 34.3 Å². The Balaban J connectivity index is 1.80. The maximum Gasteiger partial charge on any atom is 0.268 e. The van der Waals surface area contributed by atoms with Crippen LogP contribution in [0.15, 0.2) is 35.3 Å². The van der Waals surface area contributed by atoms with Crippen LogP contribution >= 0.6 is 0 Å². The molecule has 1 saturated heterocycles. The van der Waals surface area contributed by atoms with Gasteiger partial charge < -0.3 is 14.7 Å². The van der Waals surface area contributed by atoms with E-state index in [2.05, 4.69) is 0 Å². The number of aromatic nitrogens is 1. The van der Waals surface area contributed by atoms with E-state index in [9.17, 15) is 18.8 Å². The molecular formula is C23H27FN4O3. The number of pyridine rings is 1. The Hall–Kier alpha value is -3.00. The van der Waals surface area contributed by atoms with Crippen molar-refractivity contribution in [1.82, 2.24) is 19.3 Å². The second-order valence-electron chi connectivity index (χ2n) is 8.46. The van der Waals surface area contributed by atoms with Crippen molar-refractivity contribution < 1.29 is 14.0 Å². The minimum atomic E-state index is -0.399. The molecule has 0 bridgehead atoms. The lowest BCUT2D eigenvalue weighted by Crippen LogP contribution is -2.44. The zero-order valence-electron chi connectivity index (χ0n) is 17.9. The van der Waals surface area contributed by atoms with Gasteiger partial charge in [0, 0.05) is 38.1 Å². The van der Waals surface area contributed by atoms with Crippen LogP contribution in [0.2, 0.25) is 0 Å². The first-order valence-corrected chi connectivity index (χ1v) is 10.6. The summed E-state index contributed by atoms with van der Waals surface area (Å²) in [6.07, 6.45) is 4.02. The van der Waals surface area contributed by atoms with E-state index in [4.69, 9.17) is 0 Å². The molecule has 0 atom stereocenters. The summed E-state index contributed by atoms with van der Waals surface area (Å²) in [4.78, 5) is 44.6. The third-order valence-electron chi connectivity index (χ3n) is 5.92. The normalized spacial score (nSPS) is 16.0. The number of carbonyl (C=O) groups excluding carboxylic acids is 2. The highest BCUT2D eigenvalue weighted by Gasteiger charge is 2.31. The van der Waals surface area contributed by atoms with Gasteiger partial charge in [-0.15, -0.1) is 0 Å². The van der Waals surface area contributed by atoms with Crippen molar-refractivity contribution in [2.24, 2.45) is 0 Å². The van der Waals surface area contributed by atoms with Crippen molar-refractivity contribution in [2.75, 3.05) is 40.3 Å². The third-order valence-corrected chi connectivity index (χ3v) is 5.92. The molecule has 0 N–H and O–H groups in total. The zero-order valence-corrected chi connectivity index (χ0v) is 17.9. The van der Waals surface area contributed by atoms with E-state index < -0.39 is 11.4 Å². The van der Waals surface area contributed by atoms with Gasteiger partial charge in [0.25, 0.3) is 11.5 Å². The summed E-state index contributed by atoms with van der Waals surface area (Å²) in [5.74, 6) is -0.644. The highest BCUT2D eigenvalue weighted by Crippen LogP contribution is 2.24. The molecule has 2 aliphatic rings. The lowest BCUT2D eigenvalue weighted by atomic mass is 9.95. The molecule has 0 spiro atoms. The van der Waals surface area contributed by atoms with Gasteiger partial charge in [0.1, 0.15) is 11.4 Å². The van der Waals surface area contributed by atoms with Crippen LogP contribution < -0.4 is 5.56 Å². The quantitative estimate of drug-likeness (QED) is 0.746. The lowest BCUT2D eigenvalue weighted by Gasteiger charge is -2.31. The van der Waals surface area contributed by atoms with E-state index >= 15 is 0 Å². The maximum absolute atomic E-state index is 13.4. The zero-order chi connectivity index (χ0) is 22.1. The van der Waals surface area contributed by atoms with Gasteiger partial charge in [0.2, 0.25) is 5.91 Å². The van der Waals surface area contributed by atoms with Crippen molar-refractivity contribution in [3.8, 4) is 5.69 Å². The number of likely N-dealkylation sites (N-methyl/N-ethyl adjacent to an activating group) is 1. The Morgan fingerprint density at radius 2 is 1.71 bits per heavy atom. The van der Waals surface area contributed by atoms with E-state index in [1.807, 2.05) is 19.0 Å². The second kappa shape index (κ2) is 8.63. The Bertz CT molecular complexity index is 1060. The van der Waals surface area contributed by atoms with Gasteiger partial charge in [-0.1, -0.05) is 0 Å². The molecular weight excluding hydrogens is 399 g/mol. The minimum absolute atomic E-state index is 0.00241. The number of halogens is 1. The van der Waals surface area contributed by atoms with Gasteiger partial charge >= 0.3 is 0 Å². The van der Waals surface area contributed by atoms with Crippen molar-refractivity contribution in [3.63, 3.8) is 0 Å². The molecule has 0 aliphatic carbocycles. The first-order valence-electron chi connectivity index (χ1n) is 10.6. The van der Waals surface area contributed by atoms with Crippen molar-refractivity contribution in [3.05, 3.63) is 63.3 Å². The molecule has 2 aromatic rings. The van der Waals surface area contributed by atoms with E-state index in [1.165, 1.54) is 28.8 Å². The molecule has 164 valence electrons. The number of benzene rings is 1. The first-order chi connectivity index (χ1) is 14.8. The fourth-order valence-electron chi connectivity index (χ4n) is 4.33. The molecule has 2 amide bonds. The molecule has 31 heavy (non-hydrogen) atoms. The Morgan fingerprint density at radius 3 is 2.35 bits per heavy atom. The standard InChI is InChI=1S/C23H27FN4O3/c1-25(2)15-20(29)27-12-9-19-16(13-27)14-28(18-7-5-17(24)6-8-18)23(31)21(19)22(30)26-10-3-4-11-26/h5-8,14H,3-4,9-13,15H2,1-2H3. The van der Waals surface area contributed by atoms with Crippen molar-refractivity contribution >= 4 is 11.8 Å². The topological polar surface area (TPSA) is 65.9 Å². The Morgan fingerprint density at radius 1 is 1.03 bits per heavy atom. The van der Waals surface area contributed by atoms with Crippen molar-refractivity contribution in [1.29, 1.82) is 0 Å². The first kappa shape index (κ1) is 21.2. The summed E-state index contributed by atoms with van der Waals surface area (Å²) in [6, 6.07) is 5.61. The summed E-state index contributed by atoms with van der Waals surface area (Å²) >= 11 is 0. The number of likely N-dealkylation sites (tertiary alicyclic amines) is 1. The van der Waals surface area contributed by atoms with Gasteiger partial charge in [0.15, 0.2) is 0 Å². The maximum atomic E-state index is 13.4. The molecule has 3 heterocycles. The summed E-state index contributed by atoms with van der Waals surface area (Å²) in [5.41, 5.74) is 1.79. The SMILES string of the molecule is CN(C)CC(=O)N1CCc2c(cn(-c3ccc(F)cc3)c(=O)c2C(=O)N2CCCC2)C1. The summed E-state index contributed by atoms with van der Waals surface area (Å²) in [5, 5.41) is 0. The van der Waals surface area contributed by atoms with Gasteiger partial charge in [-0.2, -0.15) is 0 Å². The molecule has 1 fully saturated rings. The lowest BCUT2D eigenvalue weighted by molar-refractivity contribution is -0.132. The molecule has 0 radical (unpaired) electrons. The van der Waals surface area contributed by atoms with Crippen LogP contribution in [0.5, 0.6) is 0 Å². The monoisotopic (exact) mass is 426 g/mol. The molecule has 1 aromatic carbocycles. The van der Waals surface area contributed by atoms with E-state index in [0.29, 0.717) is 44.8 Å². The second-order valence-corrected chi connectivity index (χ2v) is 8.46. The Kier molecular flexibility index (Phi) is 5.91. The van der Waals surface area contributed by atoms with Gasteiger partial charge in [0.05, 0.1) is 6.54 Å². The highest BCUT2D eigenvalue weighted by atomic mass is 19.1. The minimum Gasteiger partial charge on any atom is -0.338 e. The Labute approximate surface area is 180 Å². The average molecular weight is 426 g/mol. The average Bonchev–Trinajstić information content (AvgIpc) is 3.28.